The molecule has 0 unspecified atom stereocenters. The Kier molecular flexibility index (Phi) is 5.56. The van der Waals surface area contributed by atoms with Crippen LogP contribution in [0.1, 0.15) is 57.6 Å². The lowest BCUT2D eigenvalue weighted by Crippen LogP contribution is -2.40. The van der Waals surface area contributed by atoms with Gasteiger partial charge in [0.15, 0.2) is 0 Å². The molecule has 0 heterocycles. The Morgan fingerprint density at radius 2 is 1.70 bits per heavy atom. The van der Waals surface area contributed by atoms with Gasteiger partial charge in [0.25, 0.3) is 0 Å². The van der Waals surface area contributed by atoms with E-state index in [0.717, 1.165) is 12.8 Å². The van der Waals surface area contributed by atoms with Gasteiger partial charge in [0, 0.05) is 6.42 Å². The van der Waals surface area contributed by atoms with Crippen LogP contribution in [0.5, 0.6) is 0 Å². The number of benzene rings is 1. The quantitative estimate of drug-likeness (QED) is 0.551. The van der Waals surface area contributed by atoms with Gasteiger partial charge in [-0.15, -0.1) is 0 Å². The first-order valence-electron chi connectivity index (χ1n) is 8.85. The van der Waals surface area contributed by atoms with E-state index in [9.17, 15) is 0 Å². The molecule has 0 radical (unpaired) electrons. The van der Waals surface area contributed by atoms with E-state index in [2.05, 4.69) is 77.2 Å². The highest BCUT2D eigenvalue weighted by Gasteiger charge is 2.39. The van der Waals surface area contributed by atoms with E-state index in [1.165, 1.54) is 35.3 Å². The second-order valence-electron chi connectivity index (χ2n) is 8.26. The maximum atomic E-state index is 6.58. The normalized spacial score (nSPS) is 18.5. The molecule has 0 saturated carbocycles. The third-order valence-electron chi connectivity index (χ3n) is 5.21. The molecule has 0 aliphatic heterocycles. The summed E-state index contributed by atoms with van der Waals surface area (Å²) in [6.45, 7) is 13.8. The summed E-state index contributed by atoms with van der Waals surface area (Å²) in [5.74, 6) is 1.20. The summed E-state index contributed by atoms with van der Waals surface area (Å²) in [7, 11) is -1.74. The Hall–Kier alpha value is -1.28. The van der Waals surface area contributed by atoms with Crippen molar-refractivity contribution in [2.75, 3.05) is 0 Å². The van der Waals surface area contributed by atoms with Crippen molar-refractivity contribution in [3.05, 3.63) is 52.8 Å². The second-order valence-corrected chi connectivity index (χ2v) is 13.0. The molecular weight excluding hydrogens is 296 g/mol. The van der Waals surface area contributed by atoms with Gasteiger partial charge < -0.3 is 4.43 Å². The highest BCUT2D eigenvalue weighted by atomic mass is 28.4. The second kappa shape index (κ2) is 7.08. The number of rotatable bonds is 3. The Balaban J connectivity index is 2.27. The number of allylic oxidation sites excluding steroid dienone is 3. The summed E-state index contributed by atoms with van der Waals surface area (Å²) in [4.78, 5) is 0. The average molecular weight is 329 g/mol. The predicted molar refractivity (Wildman–Crippen MR) is 104 cm³/mol. The molecule has 1 aliphatic carbocycles. The van der Waals surface area contributed by atoms with Crippen molar-refractivity contribution in [3.8, 4) is 0 Å². The molecule has 23 heavy (non-hydrogen) atoms. The molecule has 1 nitrogen and oxygen atoms in total. The summed E-state index contributed by atoms with van der Waals surface area (Å²) >= 11 is 0. The minimum atomic E-state index is -1.74. The lowest BCUT2D eigenvalue weighted by Gasteiger charge is -2.37. The molecule has 0 atom stereocenters. The van der Waals surface area contributed by atoms with Crippen molar-refractivity contribution < 1.29 is 4.43 Å². The highest BCUT2D eigenvalue weighted by molar-refractivity contribution is 6.74. The lowest BCUT2D eigenvalue weighted by molar-refractivity contribution is 0.364. The van der Waals surface area contributed by atoms with Crippen molar-refractivity contribution in [3.63, 3.8) is 0 Å². The van der Waals surface area contributed by atoms with Crippen molar-refractivity contribution in [2.24, 2.45) is 0 Å². The van der Waals surface area contributed by atoms with Crippen molar-refractivity contribution in [2.45, 2.75) is 71.5 Å². The molecule has 126 valence electrons. The van der Waals surface area contributed by atoms with Crippen LogP contribution in [0, 0.1) is 6.92 Å². The summed E-state index contributed by atoms with van der Waals surface area (Å²) in [5, 5.41) is 0.250. The molecular formula is C21H32OSi. The molecule has 1 aromatic carbocycles. The van der Waals surface area contributed by atoms with Crippen molar-refractivity contribution in [1.82, 2.24) is 0 Å². The third kappa shape index (κ3) is 4.84. The van der Waals surface area contributed by atoms with Crippen LogP contribution >= 0.6 is 0 Å². The van der Waals surface area contributed by atoms with Gasteiger partial charge in [0.1, 0.15) is 0 Å². The fourth-order valence-electron chi connectivity index (χ4n) is 2.60. The Labute approximate surface area is 143 Å². The van der Waals surface area contributed by atoms with Crippen molar-refractivity contribution in [1.29, 1.82) is 0 Å². The number of aryl methyl sites for hydroxylation is 1. The van der Waals surface area contributed by atoms with Crippen LogP contribution in [0.2, 0.25) is 18.1 Å². The summed E-state index contributed by atoms with van der Waals surface area (Å²) in [5.41, 5.74) is 4.07. The summed E-state index contributed by atoms with van der Waals surface area (Å²) < 4.78 is 6.58. The van der Waals surface area contributed by atoms with Crippen LogP contribution in [0.3, 0.4) is 0 Å². The van der Waals surface area contributed by atoms with Gasteiger partial charge in [-0.2, -0.15) is 0 Å². The zero-order valence-corrected chi connectivity index (χ0v) is 16.7. The first-order valence-corrected chi connectivity index (χ1v) is 11.8. The van der Waals surface area contributed by atoms with Crippen LogP contribution in [-0.2, 0) is 4.43 Å². The van der Waals surface area contributed by atoms with E-state index in [4.69, 9.17) is 4.43 Å². The number of hydrogen-bond acceptors (Lipinski definition) is 1. The van der Waals surface area contributed by atoms with Crippen molar-refractivity contribution >= 4 is 14.4 Å². The Bertz CT molecular complexity index is 603. The van der Waals surface area contributed by atoms with E-state index < -0.39 is 8.32 Å². The lowest BCUT2D eigenvalue weighted by atomic mass is 10.0. The van der Waals surface area contributed by atoms with E-state index in [-0.39, 0.29) is 5.04 Å². The molecule has 0 aromatic heterocycles. The molecule has 0 saturated heterocycles. The predicted octanol–water partition coefficient (Wildman–Crippen LogP) is 6.86. The fraction of sp³-hybridized carbons (Fsp3) is 0.524. The molecule has 0 bridgehead atoms. The van der Waals surface area contributed by atoms with Gasteiger partial charge in [-0.3, -0.25) is 0 Å². The standard InChI is InChI=1S/C21H32OSi/c1-17-11-7-9-13-19(17)15-18-12-8-10-14-20(16-18)22-23(5,6)21(2,3)4/h7,9,11,13,15-16H,8,10,12,14H2,1-6H3. The SMILES string of the molecule is Cc1ccccc1C=C1C=C(O[Si](C)(C)C(C)(C)C)CCCC1. The van der Waals surface area contributed by atoms with Gasteiger partial charge in [-0.05, 0) is 67.1 Å². The first kappa shape index (κ1) is 18.1. The van der Waals surface area contributed by atoms with Gasteiger partial charge in [-0.25, -0.2) is 0 Å². The molecule has 0 N–H and O–H groups in total. The monoisotopic (exact) mass is 328 g/mol. The zero-order valence-electron chi connectivity index (χ0n) is 15.7. The minimum Gasteiger partial charge on any atom is -0.547 e. The van der Waals surface area contributed by atoms with E-state index in [0.29, 0.717) is 0 Å². The molecule has 1 aromatic rings. The zero-order chi connectivity index (χ0) is 17.1. The fourth-order valence-corrected chi connectivity index (χ4v) is 3.73. The molecule has 2 rings (SSSR count). The topological polar surface area (TPSA) is 9.23 Å². The smallest absolute Gasteiger partial charge is 0.250 e. The molecule has 2 heteroatoms. The van der Waals surface area contributed by atoms with Crippen LogP contribution in [0.25, 0.3) is 6.08 Å². The van der Waals surface area contributed by atoms with Gasteiger partial charge in [-0.1, -0.05) is 51.1 Å². The van der Waals surface area contributed by atoms with Crippen LogP contribution < -0.4 is 0 Å². The van der Waals surface area contributed by atoms with Gasteiger partial charge >= 0.3 is 0 Å². The average Bonchev–Trinajstić information content (AvgIpc) is 2.65. The molecule has 0 fully saturated rings. The maximum Gasteiger partial charge on any atom is 0.250 e. The molecule has 0 amide bonds. The molecule has 0 spiro atoms. The van der Waals surface area contributed by atoms with Crippen LogP contribution in [0.15, 0.2) is 41.7 Å². The van der Waals surface area contributed by atoms with Gasteiger partial charge in [0.05, 0.1) is 5.76 Å². The molecule has 1 aliphatic rings. The van der Waals surface area contributed by atoms with Crippen LogP contribution in [-0.4, -0.2) is 8.32 Å². The van der Waals surface area contributed by atoms with Gasteiger partial charge in [0.2, 0.25) is 8.32 Å². The Morgan fingerprint density at radius 3 is 2.35 bits per heavy atom. The highest BCUT2D eigenvalue weighted by Crippen LogP contribution is 2.39. The van der Waals surface area contributed by atoms with E-state index in [1.54, 1.807) is 0 Å². The summed E-state index contributed by atoms with van der Waals surface area (Å²) in [6, 6.07) is 8.61. The largest absolute Gasteiger partial charge is 0.547 e. The number of hydrogen-bond donors (Lipinski definition) is 0. The third-order valence-corrected chi connectivity index (χ3v) is 9.59. The Morgan fingerprint density at radius 1 is 1.04 bits per heavy atom. The maximum absolute atomic E-state index is 6.58. The van der Waals surface area contributed by atoms with E-state index in [1.807, 2.05) is 0 Å². The van der Waals surface area contributed by atoms with Crippen LogP contribution in [0.4, 0.5) is 0 Å². The van der Waals surface area contributed by atoms with E-state index >= 15 is 0 Å². The first-order chi connectivity index (χ1) is 10.7. The minimum absolute atomic E-state index is 0.250. The summed E-state index contributed by atoms with van der Waals surface area (Å²) in [6.07, 6.45) is 9.37.